The molecule has 34 heavy (non-hydrogen) atoms. The van der Waals surface area contributed by atoms with Gasteiger partial charge in [-0.15, -0.1) is 0 Å². The summed E-state index contributed by atoms with van der Waals surface area (Å²) < 4.78 is 16.0. The molecule has 10 heteroatoms. The summed E-state index contributed by atoms with van der Waals surface area (Å²) in [5.74, 6) is -0.274. The predicted octanol–water partition coefficient (Wildman–Crippen LogP) is 3.15. The van der Waals surface area contributed by atoms with E-state index < -0.39 is 17.8 Å². The number of esters is 1. The minimum absolute atomic E-state index is 0.0726. The van der Waals surface area contributed by atoms with Gasteiger partial charge in [-0.1, -0.05) is 20.3 Å². The lowest BCUT2D eigenvalue weighted by atomic mass is 10.2. The van der Waals surface area contributed by atoms with Crippen molar-refractivity contribution in [1.82, 2.24) is 16.2 Å². The van der Waals surface area contributed by atoms with E-state index in [-0.39, 0.29) is 11.7 Å². The molecule has 0 saturated carbocycles. The first kappa shape index (κ1) is 26.6. The number of rotatable bonds is 11. The van der Waals surface area contributed by atoms with E-state index in [9.17, 15) is 14.4 Å². The van der Waals surface area contributed by atoms with Crippen LogP contribution in [0.15, 0.2) is 48.5 Å². The molecule has 0 spiro atoms. The van der Waals surface area contributed by atoms with E-state index in [2.05, 4.69) is 23.1 Å². The summed E-state index contributed by atoms with van der Waals surface area (Å²) >= 11 is 5.02. The third kappa shape index (κ3) is 9.45. The van der Waals surface area contributed by atoms with Gasteiger partial charge >= 0.3 is 5.97 Å². The second-order valence-corrected chi connectivity index (χ2v) is 7.54. The van der Waals surface area contributed by atoms with Crippen LogP contribution in [0.2, 0.25) is 0 Å². The summed E-state index contributed by atoms with van der Waals surface area (Å²) in [6.45, 7) is 4.67. The largest absolute Gasteiger partial charge is 0.494 e. The Labute approximate surface area is 204 Å². The third-order valence-corrected chi connectivity index (χ3v) is 4.53. The van der Waals surface area contributed by atoms with Gasteiger partial charge in [-0.2, -0.15) is 0 Å². The zero-order valence-electron chi connectivity index (χ0n) is 19.2. The number of hydrogen-bond acceptors (Lipinski definition) is 7. The number of unbranched alkanes of at least 4 members (excludes halogenated alkanes) is 1. The normalized spacial score (nSPS) is 10.1. The summed E-state index contributed by atoms with van der Waals surface area (Å²) in [6, 6.07) is 12.9. The highest BCUT2D eigenvalue weighted by Gasteiger charge is 2.10. The van der Waals surface area contributed by atoms with Crippen molar-refractivity contribution in [2.75, 3.05) is 19.8 Å². The van der Waals surface area contributed by atoms with Gasteiger partial charge in [0.15, 0.2) is 11.7 Å². The summed E-state index contributed by atoms with van der Waals surface area (Å²) in [7, 11) is 0. The Hall–Kier alpha value is -3.66. The number of carbonyl (C=O) groups excluding carboxylic acids is 3. The van der Waals surface area contributed by atoms with Crippen molar-refractivity contribution in [2.45, 2.75) is 33.1 Å². The van der Waals surface area contributed by atoms with Gasteiger partial charge in [0.05, 0.1) is 18.8 Å². The molecule has 0 aliphatic carbocycles. The number of hydrazine groups is 1. The average molecular weight is 488 g/mol. The fraction of sp³-hybridized carbons (Fsp3) is 0.333. The number of carbonyl (C=O) groups is 3. The number of thiocarbonyl (C=S) groups is 1. The predicted molar refractivity (Wildman–Crippen MR) is 131 cm³/mol. The lowest BCUT2D eigenvalue weighted by Gasteiger charge is -2.12. The second kappa shape index (κ2) is 14.5. The first-order chi connectivity index (χ1) is 16.4. The van der Waals surface area contributed by atoms with Crippen LogP contribution in [0.4, 0.5) is 0 Å². The van der Waals surface area contributed by atoms with Crippen LogP contribution in [0.5, 0.6) is 11.5 Å². The van der Waals surface area contributed by atoms with Crippen molar-refractivity contribution < 1.29 is 28.6 Å². The van der Waals surface area contributed by atoms with E-state index in [4.69, 9.17) is 26.4 Å². The zero-order valence-corrected chi connectivity index (χ0v) is 20.0. The van der Waals surface area contributed by atoms with Crippen molar-refractivity contribution in [3.63, 3.8) is 0 Å². The van der Waals surface area contributed by atoms with Crippen LogP contribution in [-0.4, -0.2) is 42.7 Å². The van der Waals surface area contributed by atoms with Crippen LogP contribution in [0.25, 0.3) is 0 Å². The molecule has 3 N–H and O–H groups in total. The van der Waals surface area contributed by atoms with Crippen LogP contribution >= 0.6 is 12.2 Å². The molecule has 0 radical (unpaired) electrons. The Bertz CT molecular complexity index is 964. The third-order valence-electron chi connectivity index (χ3n) is 4.32. The van der Waals surface area contributed by atoms with E-state index in [0.29, 0.717) is 35.8 Å². The molecule has 0 atom stereocenters. The number of hydrogen-bond donors (Lipinski definition) is 3. The van der Waals surface area contributed by atoms with Crippen LogP contribution in [0.1, 0.15) is 53.8 Å². The SMILES string of the molecule is CCCCOc1ccc(C(=O)NC(=S)NNC(=O)COc2ccc(C(=O)OCCC)cc2)cc1. The maximum absolute atomic E-state index is 12.3. The topological polar surface area (TPSA) is 115 Å². The number of benzene rings is 2. The summed E-state index contributed by atoms with van der Waals surface area (Å²) in [5, 5.41) is 2.40. The first-order valence-corrected chi connectivity index (χ1v) is 11.4. The van der Waals surface area contributed by atoms with Gasteiger partial charge in [-0.05, 0) is 73.6 Å². The van der Waals surface area contributed by atoms with E-state index >= 15 is 0 Å². The zero-order chi connectivity index (χ0) is 24.8. The van der Waals surface area contributed by atoms with Crippen LogP contribution in [-0.2, 0) is 9.53 Å². The number of ether oxygens (including phenoxy) is 3. The summed E-state index contributed by atoms with van der Waals surface area (Å²) in [6.07, 6.45) is 2.74. The second-order valence-electron chi connectivity index (χ2n) is 7.13. The highest BCUT2D eigenvalue weighted by Crippen LogP contribution is 2.14. The quantitative estimate of drug-likeness (QED) is 0.192. The van der Waals surface area contributed by atoms with Crippen molar-refractivity contribution in [2.24, 2.45) is 0 Å². The van der Waals surface area contributed by atoms with E-state index in [0.717, 1.165) is 19.3 Å². The Morgan fingerprint density at radius 2 is 1.41 bits per heavy atom. The minimum atomic E-state index is -0.517. The molecular weight excluding hydrogens is 458 g/mol. The Morgan fingerprint density at radius 3 is 2.03 bits per heavy atom. The maximum Gasteiger partial charge on any atom is 0.338 e. The van der Waals surface area contributed by atoms with Crippen molar-refractivity contribution in [1.29, 1.82) is 0 Å². The van der Waals surface area contributed by atoms with Gasteiger partial charge in [0.25, 0.3) is 11.8 Å². The molecule has 0 fully saturated rings. The molecule has 0 saturated heterocycles. The summed E-state index contributed by atoms with van der Waals surface area (Å²) in [4.78, 5) is 36.0. The van der Waals surface area contributed by atoms with Crippen molar-refractivity contribution in [3.05, 3.63) is 59.7 Å². The molecule has 2 amide bonds. The van der Waals surface area contributed by atoms with Gasteiger partial charge in [-0.3, -0.25) is 25.8 Å². The van der Waals surface area contributed by atoms with Crippen LogP contribution in [0.3, 0.4) is 0 Å². The molecule has 0 bridgehead atoms. The number of nitrogens with one attached hydrogen (secondary N) is 3. The smallest absolute Gasteiger partial charge is 0.338 e. The van der Waals surface area contributed by atoms with E-state index in [1.54, 1.807) is 48.5 Å². The molecule has 0 heterocycles. The molecule has 0 aliphatic rings. The minimum Gasteiger partial charge on any atom is -0.494 e. The highest BCUT2D eigenvalue weighted by atomic mass is 32.1. The average Bonchev–Trinajstić information content (AvgIpc) is 2.85. The van der Waals surface area contributed by atoms with Crippen LogP contribution in [0, 0.1) is 0 Å². The highest BCUT2D eigenvalue weighted by molar-refractivity contribution is 7.80. The standard InChI is InChI=1S/C24H29N3O6S/c1-3-5-15-31-19-10-6-17(7-11-19)22(29)25-24(34)27-26-21(28)16-33-20-12-8-18(9-13-20)23(30)32-14-4-2/h6-13H,3-5,14-16H2,1-2H3,(H,26,28)(H2,25,27,29,34). The molecular formula is C24H29N3O6S. The maximum atomic E-state index is 12.3. The monoisotopic (exact) mass is 487 g/mol. The fourth-order valence-electron chi connectivity index (χ4n) is 2.52. The Balaban J connectivity index is 1.70. The molecule has 2 aromatic rings. The lowest BCUT2D eigenvalue weighted by molar-refractivity contribution is -0.123. The van der Waals surface area contributed by atoms with Gasteiger partial charge in [0, 0.05) is 5.56 Å². The molecule has 2 aromatic carbocycles. The van der Waals surface area contributed by atoms with Crippen molar-refractivity contribution >= 4 is 35.1 Å². The fourth-order valence-corrected chi connectivity index (χ4v) is 2.66. The lowest BCUT2D eigenvalue weighted by Crippen LogP contribution is -2.49. The Kier molecular flexibility index (Phi) is 11.3. The van der Waals surface area contributed by atoms with E-state index in [1.807, 2.05) is 6.92 Å². The summed E-state index contributed by atoms with van der Waals surface area (Å²) in [5.41, 5.74) is 5.57. The van der Waals surface area contributed by atoms with Crippen LogP contribution < -0.4 is 25.6 Å². The van der Waals surface area contributed by atoms with Gasteiger partial charge in [0.2, 0.25) is 0 Å². The first-order valence-electron chi connectivity index (χ1n) is 11.0. The van der Waals surface area contributed by atoms with Gasteiger partial charge in [0.1, 0.15) is 11.5 Å². The molecule has 0 aliphatic heterocycles. The van der Waals surface area contributed by atoms with E-state index in [1.165, 1.54) is 0 Å². The van der Waals surface area contributed by atoms with Gasteiger partial charge in [-0.25, -0.2) is 4.79 Å². The molecule has 0 aromatic heterocycles. The number of amides is 2. The van der Waals surface area contributed by atoms with Gasteiger partial charge < -0.3 is 14.2 Å². The molecule has 182 valence electrons. The molecule has 9 nitrogen and oxygen atoms in total. The molecule has 0 unspecified atom stereocenters. The molecule has 2 rings (SSSR count). The van der Waals surface area contributed by atoms with Crippen molar-refractivity contribution in [3.8, 4) is 11.5 Å². The Morgan fingerprint density at radius 1 is 0.794 bits per heavy atom.